The maximum Gasteiger partial charge on any atom is 0.301 e. The zero-order valence-corrected chi connectivity index (χ0v) is 21.9. The molecule has 208 valence electrons. The number of hydrogen-bond acceptors (Lipinski definition) is 8. The minimum Gasteiger partial charge on any atom is -0.480 e. The molecule has 2 aromatic heterocycles. The van der Waals surface area contributed by atoms with Gasteiger partial charge in [0.25, 0.3) is 5.56 Å². The zero-order valence-electron chi connectivity index (χ0n) is 21.2. The molecule has 13 heteroatoms. The van der Waals surface area contributed by atoms with Crippen LogP contribution in [0.25, 0.3) is 10.9 Å². The maximum absolute atomic E-state index is 14.9. The molecule has 6 rings (SSSR count). The molecule has 0 radical (unpaired) electrons. The summed E-state index contributed by atoms with van der Waals surface area (Å²) in [5, 5.41) is 16.2. The predicted molar refractivity (Wildman–Crippen MR) is 142 cm³/mol. The fraction of sp³-hybridized carbons (Fsp3) is 0.500. The summed E-state index contributed by atoms with van der Waals surface area (Å²) in [6.45, 7) is -0.713. The van der Waals surface area contributed by atoms with E-state index in [0.29, 0.717) is 54.3 Å². The van der Waals surface area contributed by atoms with Crippen molar-refractivity contribution < 1.29 is 23.0 Å². The van der Waals surface area contributed by atoms with Gasteiger partial charge in [0, 0.05) is 44.1 Å². The van der Waals surface area contributed by atoms with E-state index < -0.39 is 36.4 Å². The van der Waals surface area contributed by atoms with Crippen LogP contribution in [0.15, 0.2) is 29.2 Å². The second-order valence-electron chi connectivity index (χ2n) is 10.6. The highest BCUT2D eigenvalue weighted by molar-refractivity contribution is 6.32. The normalized spacial score (nSPS) is 22.0. The standard InChI is InChI=1S/C26H28ClF3N6O3/c1-35-18-5-4-15(32-22-17(27)11-31-24(34-22)36-8-6-25(28,12-37)7-9-36)10-16(18)19-20(23(35)38)39-13-26(29,30)21(33-19)14-2-3-14/h4-5,10-11,14,21,33,37H,2-3,6-9,12-13H2,1H3,(H,31,32,34)/t21-/m0/s1. The van der Waals surface area contributed by atoms with Crippen LogP contribution >= 0.6 is 11.6 Å². The van der Waals surface area contributed by atoms with Crippen LogP contribution in [-0.4, -0.2) is 63.6 Å². The zero-order chi connectivity index (χ0) is 27.5. The maximum atomic E-state index is 14.9. The number of hydrogen-bond donors (Lipinski definition) is 3. The lowest BCUT2D eigenvalue weighted by atomic mass is 9.94. The van der Waals surface area contributed by atoms with Gasteiger partial charge >= 0.3 is 5.92 Å². The number of aryl methyl sites for hydroxylation is 1. The molecule has 1 atom stereocenters. The number of halogens is 4. The van der Waals surface area contributed by atoms with Crippen molar-refractivity contribution in [2.75, 3.05) is 41.8 Å². The lowest BCUT2D eigenvalue weighted by molar-refractivity contribution is -0.0579. The molecular weight excluding hydrogens is 537 g/mol. The fourth-order valence-electron chi connectivity index (χ4n) is 5.29. The average molecular weight is 565 g/mol. The second-order valence-corrected chi connectivity index (χ2v) is 11.0. The first-order valence-electron chi connectivity index (χ1n) is 12.9. The van der Waals surface area contributed by atoms with Crippen LogP contribution in [0, 0.1) is 5.92 Å². The van der Waals surface area contributed by atoms with E-state index in [0.717, 1.165) is 0 Å². The predicted octanol–water partition coefficient (Wildman–Crippen LogP) is 4.24. The number of aliphatic hydroxyl groups excluding tert-OH is 1. The third-order valence-corrected chi connectivity index (χ3v) is 8.11. The second kappa shape index (κ2) is 9.44. The first-order valence-corrected chi connectivity index (χ1v) is 13.2. The molecule has 1 saturated carbocycles. The number of piperidine rings is 1. The summed E-state index contributed by atoms with van der Waals surface area (Å²) in [6, 6.07) is 4.04. The van der Waals surface area contributed by atoms with Crippen molar-refractivity contribution in [3.05, 3.63) is 39.8 Å². The summed E-state index contributed by atoms with van der Waals surface area (Å²) >= 11 is 6.39. The monoisotopic (exact) mass is 564 g/mol. The highest BCUT2D eigenvalue weighted by atomic mass is 35.5. The first-order chi connectivity index (χ1) is 18.6. The molecule has 1 aliphatic carbocycles. The Morgan fingerprint density at radius 2 is 2.00 bits per heavy atom. The molecule has 3 N–H and O–H groups in total. The van der Waals surface area contributed by atoms with E-state index in [9.17, 15) is 23.1 Å². The molecule has 0 unspecified atom stereocenters. The van der Waals surface area contributed by atoms with Crippen LogP contribution in [-0.2, 0) is 7.05 Å². The van der Waals surface area contributed by atoms with Gasteiger partial charge in [-0.3, -0.25) is 4.79 Å². The number of aliphatic hydroxyl groups is 1. The number of ether oxygens (including phenoxy) is 1. The number of fused-ring (bicyclic) bond motifs is 3. The Morgan fingerprint density at radius 3 is 2.69 bits per heavy atom. The lowest BCUT2D eigenvalue weighted by Gasteiger charge is -2.35. The van der Waals surface area contributed by atoms with Crippen LogP contribution in [0.4, 0.5) is 36.3 Å². The van der Waals surface area contributed by atoms with E-state index in [1.165, 1.54) is 10.8 Å². The SMILES string of the molecule is Cn1c(=O)c2c(c3cc(Nc4nc(N5CCC(F)(CO)CC5)ncc4Cl)ccc31)N[C@@H](C1CC1)C(F)(F)CO2. The van der Waals surface area contributed by atoms with Gasteiger partial charge in [0.05, 0.1) is 30.0 Å². The van der Waals surface area contributed by atoms with Crippen LogP contribution < -0.4 is 25.8 Å². The Hall–Kier alpha value is -3.25. The van der Waals surface area contributed by atoms with Gasteiger partial charge in [0.15, 0.2) is 12.4 Å². The van der Waals surface area contributed by atoms with Gasteiger partial charge in [-0.05, 0) is 37.0 Å². The van der Waals surface area contributed by atoms with Crippen LogP contribution in [0.1, 0.15) is 25.7 Å². The van der Waals surface area contributed by atoms with E-state index in [-0.39, 0.29) is 35.2 Å². The van der Waals surface area contributed by atoms with Crippen LogP contribution in [0.5, 0.6) is 5.75 Å². The molecule has 39 heavy (non-hydrogen) atoms. The Kier molecular flexibility index (Phi) is 6.29. The summed E-state index contributed by atoms with van der Waals surface area (Å²) < 4.78 is 51.0. The van der Waals surface area contributed by atoms with Gasteiger partial charge in [-0.25, -0.2) is 18.2 Å². The lowest BCUT2D eigenvalue weighted by Crippen LogP contribution is -2.44. The molecule has 2 fully saturated rings. The molecule has 2 aliphatic heterocycles. The van der Waals surface area contributed by atoms with Gasteiger partial charge in [-0.15, -0.1) is 0 Å². The van der Waals surface area contributed by atoms with Gasteiger partial charge in [-0.1, -0.05) is 11.6 Å². The minimum atomic E-state index is -3.13. The molecule has 1 saturated heterocycles. The van der Waals surface area contributed by atoms with Gasteiger partial charge in [0.1, 0.15) is 10.7 Å². The van der Waals surface area contributed by atoms with Crippen molar-refractivity contribution in [3.63, 3.8) is 0 Å². The molecule has 0 amide bonds. The third-order valence-electron chi connectivity index (χ3n) is 7.83. The van der Waals surface area contributed by atoms with E-state index in [1.807, 2.05) is 4.90 Å². The minimum absolute atomic E-state index is 0.135. The Balaban J connectivity index is 1.35. The van der Waals surface area contributed by atoms with Crippen molar-refractivity contribution in [1.29, 1.82) is 0 Å². The number of benzene rings is 1. The molecule has 9 nitrogen and oxygen atoms in total. The van der Waals surface area contributed by atoms with Gasteiger partial charge < -0.3 is 29.9 Å². The first kappa shape index (κ1) is 26.0. The number of alkyl halides is 3. The number of aromatic nitrogens is 3. The van der Waals surface area contributed by atoms with Gasteiger partial charge in [-0.2, -0.15) is 4.98 Å². The van der Waals surface area contributed by atoms with Crippen molar-refractivity contribution in [1.82, 2.24) is 14.5 Å². The fourth-order valence-corrected chi connectivity index (χ4v) is 5.42. The van der Waals surface area contributed by atoms with E-state index in [2.05, 4.69) is 20.6 Å². The molecule has 3 aliphatic rings. The average Bonchev–Trinajstić information content (AvgIpc) is 3.76. The molecule has 3 aromatic rings. The molecule has 0 spiro atoms. The Bertz CT molecular complexity index is 1490. The summed E-state index contributed by atoms with van der Waals surface area (Å²) in [6.07, 6.45) is 3.14. The molecule has 0 bridgehead atoms. The number of nitrogens with zero attached hydrogens (tertiary/aromatic N) is 4. The van der Waals surface area contributed by atoms with Crippen molar-refractivity contribution in [2.45, 2.75) is 43.3 Å². The van der Waals surface area contributed by atoms with E-state index in [4.69, 9.17) is 16.3 Å². The summed E-state index contributed by atoms with van der Waals surface area (Å²) in [5.41, 5.74) is -0.763. The highest BCUT2D eigenvalue weighted by Crippen LogP contribution is 2.45. The largest absolute Gasteiger partial charge is 0.480 e. The van der Waals surface area contributed by atoms with E-state index >= 15 is 0 Å². The summed E-state index contributed by atoms with van der Waals surface area (Å²) in [5.74, 6) is -2.79. The number of pyridine rings is 1. The topological polar surface area (TPSA) is 105 Å². The Labute approximate surface area is 226 Å². The van der Waals surface area contributed by atoms with Crippen molar-refractivity contribution >= 4 is 45.6 Å². The molecule has 1 aromatic carbocycles. The van der Waals surface area contributed by atoms with Crippen LogP contribution in [0.2, 0.25) is 5.02 Å². The van der Waals surface area contributed by atoms with Gasteiger partial charge in [0.2, 0.25) is 11.7 Å². The highest BCUT2D eigenvalue weighted by Gasteiger charge is 2.51. The van der Waals surface area contributed by atoms with Crippen molar-refractivity contribution in [2.24, 2.45) is 13.0 Å². The van der Waals surface area contributed by atoms with Crippen LogP contribution in [0.3, 0.4) is 0 Å². The quantitative estimate of drug-likeness (QED) is 0.423. The van der Waals surface area contributed by atoms with Crippen molar-refractivity contribution in [3.8, 4) is 5.75 Å². The summed E-state index contributed by atoms with van der Waals surface area (Å²) in [4.78, 5) is 23.7. The smallest absolute Gasteiger partial charge is 0.301 e. The molecule has 4 heterocycles. The number of rotatable bonds is 5. The van der Waals surface area contributed by atoms with E-state index in [1.54, 1.807) is 25.2 Å². The summed E-state index contributed by atoms with van der Waals surface area (Å²) in [7, 11) is 1.57. The number of nitrogens with one attached hydrogen (secondary N) is 2. The Morgan fingerprint density at radius 1 is 1.26 bits per heavy atom. The third kappa shape index (κ3) is 4.73. The molecular formula is C26H28ClF3N6O3. The number of anilines is 4.